The van der Waals surface area contributed by atoms with Gasteiger partial charge in [-0.2, -0.15) is 0 Å². The molecular weight excluding hydrogens is 294 g/mol. The van der Waals surface area contributed by atoms with E-state index in [0.29, 0.717) is 6.61 Å². The van der Waals surface area contributed by atoms with Crippen LogP contribution in [0.25, 0.3) is 0 Å². The molecule has 0 unspecified atom stereocenters. The molecule has 0 spiro atoms. The summed E-state index contributed by atoms with van der Waals surface area (Å²) in [5.41, 5.74) is 1.94. The maximum atomic E-state index is 12.3. The quantitative estimate of drug-likeness (QED) is 0.783. The monoisotopic (exact) mass is 311 g/mol. The van der Waals surface area contributed by atoms with Crippen molar-refractivity contribution in [1.29, 1.82) is 0 Å². The summed E-state index contributed by atoms with van der Waals surface area (Å²) in [6.45, 7) is 4.22. The van der Waals surface area contributed by atoms with Crippen molar-refractivity contribution in [2.75, 3.05) is 25.0 Å². The average Bonchev–Trinajstić information content (AvgIpc) is 2.39. The minimum Gasteiger partial charge on any atom is -0.494 e. The molecule has 0 bridgehead atoms. The van der Waals surface area contributed by atoms with Gasteiger partial charge in [-0.15, -0.1) is 0 Å². The predicted molar refractivity (Wildman–Crippen MR) is 75.6 cm³/mol. The van der Waals surface area contributed by atoms with Crippen LogP contribution in [0.5, 0.6) is 5.75 Å². The lowest BCUT2D eigenvalue weighted by Crippen LogP contribution is -2.38. The Balaban J connectivity index is 2.18. The lowest BCUT2D eigenvalue weighted by Gasteiger charge is -2.28. The molecule has 1 heterocycles. The highest BCUT2D eigenvalue weighted by atomic mass is 79.9. The van der Waals surface area contributed by atoms with E-state index in [2.05, 4.69) is 15.9 Å². The molecule has 0 saturated carbocycles. The molecule has 4 heteroatoms. The van der Waals surface area contributed by atoms with Crippen molar-refractivity contribution >= 4 is 21.8 Å². The third-order valence-corrected chi connectivity index (χ3v) is 3.68. The van der Waals surface area contributed by atoms with Crippen molar-refractivity contribution in [3.05, 3.63) is 29.3 Å². The molecule has 1 amide bonds. The van der Waals surface area contributed by atoms with Crippen molar-refractivity contribution in [3.63, 3.8) is 0 Å². The van der Waals surface area contributed by atoms with Crippen LogP contribution in [-0.4, -0.2) is 35.8 Å². The normalized spacial score (nSPS) is 14.6. The number of ether oxygens (including phenoxy) is 1. The summed E-state index contributed by atoms with van der Waals surface area (Å²) in [5, 5.41) is 0.933. The van der Waals surface area contributed by atoms with E-state index in [1.807, 2.05) is 30.0 Å². The first kappa shape index (κ1) is 13.4. The summed E-state index contributed by atoms with van der Waals surface area (Å²) >= 11 is 3.40. The Morgan fingerprint density at radius 1 is 1.44 bits per heavy atom. The van der Waals surface area contributed by atoms with Crippen molar-refractivity contribution in [2.45, 2.75) is 19.8 Å². The number of nitrogens with zero attached hydrogens (tertiary/aromatic N) is 1. The lowest BCUT2D eigenvalue weighted by atomic mass is 9.98. The number of benzene rings is 1. The minimum absolute atomic E-state index is 0.138. The van der Waals surface area contributed by atoms with Gasteiger partial charge in [0.15, 0.2) is 0 Å². The van der Waals surface area contributed by atoms with Crippen LogP contribution in [0.1, 0.15) is 29.3 Å². The second-order valence-electron chi connectivity index (χ2n) is 4.34. The molecule has 2 rings (SSSR count). The molecule has 0 aliphatic carbocycles. The molecule has 3 nitrogen and oxygen atoms in total. The largest absolute Gasteiger partial charge is 0.494 e. The SMILES string of the molecule is CCOc1ccc2c(c1)C(=O)N(CCCBr)CC2. The molecule has 1 aromatic rings. The molecule has 1 aliphatic rings. The Morgan fingerprint density at radius 2 is 2.28 bits per heavy atom. The summed E-state index contributed by atoms with van der Waals surface area (Å²) in [7, 11) is 0. The topological polar surface area (TPSA) is 29.5 Å². The maximum absolute atomic E-state index is 12.3. The smallest absolute Gasteiger partial charge is 0.254 e. The molecule has 18 heavy (non-hydrogen) atoms. The minimum atomic E-state index is 0.138. The Labute approximate surface area is 116 Å². The summed E-state index contributed by atoms with van der Waals surface area (Å²) < 4.78 is 5.46. The number of rotatable bonds is 5. The molecule has 0 radical (unpaired) electrons. The predicted octanol–water partition coefficient (Wildman–Crippen LogP) is 2.87. The standard InChI is InChI=1S/C14H18BrNO2/c1-2-18-12-5-4-11-6-9-16(8-3-7-15)14(17)13(11)10-12/h4-5,10H,2-3,6-9H2,1H3. The second-order valence-corrected chi connectivity index (χ2v) is 5.13. The highest BCUT2D eigenvalue weighted by Gasteiger charge is 2.24. The number of amides is 1. The third-order valence-electron chi connectivity index (χ3n) is 3.12. The number of halogens is 1. The van der Waals surface area contributed by atoms with E-state index in [0.717, 1.165) is 48.1 Å². The zero-order valence-corrected chi connectivity index (χ0v) is 12.2. The van der Waals surface area contributed by atoms with Gasteiger partial charge in [0.2, 0.25) is 0 Å². The summed E-state index contributed by atoms with van der Waals surface area (Å²) in [6, 6.07) is 5.84. The molecule has 0 atom stereocenters. The van der Waals surface area contributed by atoms with Crippen LogP contribution in [0, 0.1) is 0 Å². The van der Waals surface area contributed by atoms with Crippen LogP contribution in [0.3, 0.4) is 0 Å². The van der Waals surface area contributed by atoms with Gasteiger partial charge >= 0.3 is 0 Å². The third kappa shape index (κ3) is 2.86. The Kier molecular flexibility index (Phi) is 4.64. The molecule has 0 aromatic heterocycles. The number of hydrogen-bond acceptors (Lipinski definition) is 2. The van der Waals surface area contributed by atoms with E-state index < -0.39 is 0 Å². The fourth-order valence-corrected chi connectivity index (χ4v) is 2.47. The number of carbonyl (C=O) groups is 1. The van der Waals surface area contributed by atoms with Crippen molar-refractivity contribution in [3.8, 4) is 5.75 Å². The fraction of sp³-hybridized carbons (Fsp3) is 0.500. The number of alkyl halides is 1. The van der Waals surface area contributed by atoms with Crippen LogP contribution in [0.4, 0.5) is 0 Å². The Bertz CT molecular complexity index is 434. The van der Waals surface area contributed by atoms with Gasteiger partial charge < -0.3 is 9.64 Å². The first-order valence-corrected chi connectivity index (χ1v) is 7.49. The fourth-order valence-electron chi connectivity index (χ4n) is 2.22. The van der Waals surface area contributed by atoms with Crippen LogP contribution >= 0.6 is 15.9 Å². The zero-order chi connectivity index (χ0) is 13.0. The van der Waals surface area contributed by atoms with E-state index in [1.165, 1.54) is 0 Å². The average molecular weight is 312 g/mol. The molecule has 0 saturated heterocycles. The van der Waals surface area contributed by atoms with Gasteiger partial charge in [-0.1, -0.05) is 22.0 Å². The number of hydrogen-bond donors (Lipinski definition) is 0. The van der Waals surface area contributed by atoms with E-state index >= 15 is 0 Å². The molecule has 1 aliphatic heterocycles. The van der Waals surface area contributed by atoms with Gasteiger partial charge in [0.25, 0.3) is 5.91 Å². The van der Waals surface area contributed by atoms with E-state index in [1.54, 1.807) is 0 Å². The first-order valence-electron chi connectivity index (χ1n) is 6.37. The van der Waals surface area contributed by atoms with Crippen LogP contribution in [0.2, 0.25) is 0 Å². The van der Waals surface area contributed by atoms with Gasteiger partial charge in [0, 0.05) is 24.0 Å². The van der Waals surface area contributed by atoms with Crippen molar-refractivity contribution in [1.82, 2.24) is 4.90 Å². The van der Waals surface area contributed by atoms with E-state index in [-0.39, 0.29) is 5.91 Å². The summed E-state index contributed by atoms with van der Waals surface area (Å²) in [6.07, 6.45) is 1.93. The molecule has 0 fully saturated rings. The molecule has 0 N–H and O–H groups in total. The maximum Gasteiger partial charge on any atom is 0.254 e. The summed E-state index contributed by atoms with van der Waals surface area (Å²) in [4.78, 5) is 14.3. The van der Waals surface area contributed by atoms with Gasteiger partial charge in [0.1, 0.15) is 5.75 Å². The van der Waals surface area contributed by atoms with Gasteiger partial charge in [-0.25, -0.2) is 0 Å². The van der Waals surface area contributed by atoms with Crippen molar-refractivity contribution < 1.29 is 9.53 Å². The van der Waals surface area contributed by atoms with Gasteiger partial charge in [-0.3, -0.25) is 4.79 Å². The lowest BCUT2D eigenvalue weighted by molar-refractivity contribution is 0.0740. The number of carbonyl (C=O) groups excluding carboxylic acids is 1. The van der Waals surface area contributed by atoms with Crippen molar-refractivity contribution in [2.24, 2.45) is 0 Å². The first-order chi connectivity index (χ1) is 8.76. The zero-order valence-electron chi connectivity index (χ0n) is 10.6. The molecule has 98 valence electrons. The highest BCUT2D eigenvalue weighted by Crippen LogP contribution is 2.24. The van der Waals surface area contributed by atoms with Crippen LogP contribution in [-0.2, 0) is 6.42 Å². The highest BCUT2D eigenvalue weighted by molar-refractivity contribution is 9.09. The Hall–Kier alpha value is -1.03. The number of fused-ring (bicyclic) bond motifs is 1. The van der Waals surface area contributed by atoms with E-state index in [4.69, 9.17) is 4.74 Å². The molecular formula is C14H18BrNO2. The second kappa shape index (κ2) is 6.23. The van der Waals surface area contributed by atoms with Crippen LogP contribution in [0.15, 0.2) is 18.2 Å². The van der Waals surface area contributed by atoms with Gasteiger partial charge in [-0.05, 0) is 37.5 Å². The van der Waals surface area contributed by atoms with Crippen LogP contribution < -0.4 is 4.74 Å². The summed E-state index contributed by atoms with van der Waals surface area (Å²) in [5.74, 6) is 0.922. The Morgan fingerprint density at radius 3 is 3.00 bits per heavy atom. The van der Waals surface area contributed by atoms with Gasteiger partial charge in [0.05, 0.1) is 6.61 Å². The molecule has 1 aromatic carbocycles. The van der Waals surface area contributed by atoms with E-state index in [9.17, 15) is 4.79 Å².